The van der Waals surface area contributed by atoms with Crippen molar-refractivity contribution in [2.45, 2.75) is 59.6 Å². The average molecular weight is 499 g/mol. The number of nitrogens with zero attached hydrogens (tertiary/aromatic N) is 2. The van der Waals surface area contributed by atoms with E-state index in [1.165, 1.54) is 16.7 Å². The molecule has 0 aromatic heterocycles. The van der Waals surface area contributed by atoms with Gasteiger partial charge in [0.2, 0.25) is 0 Å². The van der Waals surface area contributed by atoms with Gasteiger partial charge in [0.25, 0.3) is 0 Å². The number of benzene rings is 2. The van der Waals surface area contributed by atoms with Crippen molar-refractivity contribution in [3.8, 4) is 0 Å². The molecule has 5 heteroatoms. The minimum atomic E-state index is -0.457. The fraction of sp³-hybridized carbons (Fsp3) is 0.500. The van der Waals surface area contributed by atoms with E-state index in [0.29, 0.717) is 13.1 Å². The van der Waals surface area contributed by atoms with Crippen LogP contribution in [0.1, 0.15) is 57.4 Å². The molecule has 3 rings (SSSR count). The van der Waals surface area contributed by atoms with Crippen LogP contribution in [-0.2, 0) is 43.9 Å². The summed E-state index contributed by atoms with van der Waals surface area (Å²) in [7, 11) is 0. The van der Waals surface area contributed by atoms with E-state index in [9.17, 15) is 4.79 Å². The second-order valence-corrected chi connectivity index (χ2v) is 8.47. The van der Waals surface area contributed by atoms with Gasteiger partial charge in [0.15, 0.2) is 0 Å². The first-order valence-electron chi connectivity index (χ1n) is 11.1. The Kier molecular flexibility index (Phi) is 12.0. The standard InChI is InChI=1S/C24H31N2O2.C2H6.Y/c1-19-10-8-9-13-21(19)18-22(20-11-6-5-7-12-20)25-14-16-26(17-15-25)23(27)28-24(2,3)4;1-2;/h5-12,22H,14-18H2,1-4H3;1-2H3;/q-1;;. The van der Waals surface area contributed by atoms with Gasteiger partial charge in [0.1, 0.15) is 5.60 Å². The molecule has 4 nitrogen and oxygen atoms in total. The van der Waals surface area contributed by atoms with Crippen molar-refractivity contribution in [3.05, 3.63) is 71.3 Å². The summed E-state index contributed by atoms with van der Waals surface area (Å²) in [6.07, 6.45) is 0.707. The van der Waals surface area contributed by atoms with Gasteiger partial charge >= 0.3 is 6.09 Å². The van der Waals surface area contributed by atoms with Crippen molar-refractivity contribution in [1.29, 1.82) is 0 Å². The maximum Gasteiger partial charge on any atom is 0.410 e. The number of rotatable bonds is 4. The molecule has 1 fully saturated rings. The van der Waals surface area contributed by atoms with Gasteiger partial charge in [-0.25, -0.2) is 4.79 Å². The number of carbonyl (C=O) groups excluding carboxylic acids is 1. The molecule has 1 atom stereocenters. The van der Waals surface area contributed by atoms with E-state index >= 15 is 0 Å². The van der Waals surface area contributed by atoms with E-state index in [4.69, 9.17) is 4.74 Å². The maximum atomic E-state index is 12.4. The summed E-state index contributed by atoms with van der Waals surface area (Å²) in [5, 5.41) is 0. The number of hydrogen-bond donors (Lipinski definition) is 0. The van der Waals surface area contributed by atoms with Crippen LogP contribution in [0, 0.1) is 13.0 Å². The second-order valence-electron chi connectivity index (χ2n) is 8.47. The van der Waals surface area contributed by atoms with Crippen LogP contribution in [0.15, 0.2) is 48.5 Å². The molecule has 0 aliphatic carbocycles. The third kappa shape index (κ3) is 8.67. The van der Waals surface area contributed by atoms with Gasteiger partial charge in [-0.2, -0.15) is 35.4 Å². The smallest absolute Gasteiger partial charge is 0.410 e. The third-order valence-corrected chi connectivity index (χ3v) is 5.16. The number of ether oxygens (including phenoxy) is 1. The molecular weight excluding hydrogens is 461 g/mol. The Morgan fingerprint density at radius 3 is 2.19 bits per heavy atom. The summed E-state index contributed by atoms with van der Waals surface area (Å²) in [6, 6.07) is 20.5. The Hall–Kier alpha value is -1.23. The predicted molar refractivity (Wildman–Crippen MR) is 124 cm³/mol. The molecular formula is C26H37N2O2Y-. The van der Waals surface area contributed by atoms with E-state index in [2.05, 4.69) is 54.3 Å². The van der Waals surface area contributed by atoms with E-state index in [0.717, 1.165) is 19.5 Å². The van der Waals surface area contributed by atoms with E-state index in [-0.39, 0.29) is 44.8 Å². The molecule has 1 aliphatic rings. The monoisotopic (exact) mass is 498 g/mol. The van der Waals surface area contributed by atoms with Crippen molar-refractivity contribution < 1.29 is 42.2 Å². The van der Waals surface area contributed by atoms with Crippen LogP contribution in [0.4, 0.5) is 4.79 Å². The van der Waals surface area contributed by atoms with Crippen molar-refractivity contribution >= 4 is 6.09 Å². The van der Waals surface area contributed by atoms with Crippen LogP contribution in [0.5, 0.6) is 0 Å². The van der Waals surface area contributed by atoms with Gasteiger partial charge in [0, 0.05) is 64.9 Å². The van der Waals surface area contributed by atoms with Crippen LogP contribution in [0.25, 0.3) is 0 Å². The molecule has 2 aromatic carbocycles. The fourth-order valence-electron chi connectivity index (χ4n) is 3.64. The largest absolute Gasteiger partial charge is 0.444 e. The third-order valence-electron chi connectivity index (χ3n) is 5.16. The quantitative estimate of drug-likeness (QED) is 0.511. The fourth-order valence-corrected chi connectivity index (χ4v) is 3.64. The Bertz CT molecular complexity index is 781. The molecule has 31 heavy (non-hydrogen) atoms. The van der Waals surface area contributed by atoms with Crippen LogP contribution in [-0.4, -0.2) is 47.7 Å². The second kappa shape index (κ2) is 13.4. The number of aryl methyl sites for hydroxylation is 1. The first kappa shape index (κ1) is 27.8. The minimum Gasteiger partial charge on any atom is -0.444 e. The summed E-state index contributed by atoms with van der Waals surface area (Å²) < 4.78 is 5.53. The first-order valence-corrected chi connectivity index (χ1v) is 11.1. The Labute approximate surface area is 214 Å². The van der Waals surface area contributed by atoms with Gasteiger partial charge in [-0.1, -0.05) is 51.1 Å². The van der Waals surface area contributed by atoms with Gasteiger partial charge in [-0.05, 0) is 32.8 Å². The molecule has 1 saturated heterocycles. The molecule has 1 heterocycles. The zero-order valence-electron chi connectivity index (χ0n) is 20.0. The van der Waals surface area contributed by atoms with Crippen molar-refractivity contribution in [3.63, 3.8) is 0 Å². The first-order chi connectivity index (χ1) is 14.3. The summed E-state index contributed by atoms with van der Waals surface area (Å²) in [5.41, 5.74) is 3.38. The van der Waals surface area contributed by atoms with Gasteiger partial charge in [0.05, 0.1) is 0 Å². The van der Waals surface area contributed by atoms with E-state index in [1.54, 1.807) is 0 Å². The zero-order valence-corrected chi connectivity index (χ0v) is 22.9. The van der Waals surface area contributed by atoms with E-state index in [1.807, 2.05) is 51.7 Å². The zero-order chi connectivity index (χ0) is 22.1. The van der Waals surface area contributed by atoms with Crippen molar-refractivity contribution in [2.24, 2.45) is 0 Å². The molecule has 0 N–H and O–H groups in total. The Balaban J connectivity index is 0.00000156. The number of piperazine rings is 1. The molecule has 1 amide bonds. The number of hydrogen-bond acceptors (Lipinski definition) is 3. The maximum absolute atomic E-state index is 12.4. The Morgan fingerprint density at radius 1 is 1.03 bits per heavy atom. The molecule has 0 saturated carbocycles. The molecule has 0 spiro atoms. The minimum absolute atomic E-state index is 0. The molecule has 167 valence electrons. The summed E-state index contributed by atoms with van der Waals surface area (Å²) in [5.74, 6) is 0. The summed E-state index contributed by atoms with van der Waals surface area (Å²) in [4.78, 5) is 16.7. The van der Waals surface area contributed by atoms with Crippen molar-refractivity contribution in [1.82, 2.24) is 9.80 Å². The topological polar surface area (TPSA) is 32.8 Å². The van der Waals surface area contributed by atoms with E-state index < -0.39 is 5.60 Å². The summed E-state index contributed by atoms with van der Waals surface area (Å²) >= 11 is 0. The molecule has 2 aromatic rings. The Morgan fingerprint density at radius 2 is 1.65 bits per heavy atom. The number of amides is 1. The predicted octanol–water partition coefficient (Wildman–Crippen LogP) is 5.66. The van der Waals surface area contributed by atoms with Crippen LogP contribution >= 0.6 is 0 Å². The SMILES string of the molecule is CC.Cc1ccc[c-]c1CC(c1ccccc1)N1CCN(C(=O)OC(C)(C)C)CC1.[Y]. The van der Waals surface area contributed by atoms with Crippen molar-refractivity contribution in [2.75, 3.05) is 26.2 Å². The summed E-state index contributed by atoms with van der Waals surface area (Å²) in [6.45, 7) is 14.9. The molecule has 1 aliphatic heterocycles. The molecule has 1 radical (unpaired) electrons. The van der Waals surface area contributed by atoms with Crippen LogP contribution in [0.3, 0.4) is 0 Å². The molecule has 1 unspecified atom stereocenters. The number of carbonyl (C=O) groups is 1. The normalized spacial score (nSPS) is 15.2. The van der Waals surface area contributed by atoms with Crippen LogP contribution < -0.4 is 0 Å². The van der Waals surface area contributed by atoms with Crippen LogP contribution in [0.2, 0.25) is 0 Å². The molecule has 0 bridgehead atoms. The van der Waals surface area contributed by atoms with Gasteiger partial charge in [-0.3, -0.25) is 4.90 Å². The van der Waals surface area contributed by atoms with Gasteiger partial charge < -0.3 is 9.64 Å². The average Bonchev–Trinajstić information content (AvgIpc) is 2.74. The van der Waals surface area contributed by atoms with Gasteiger partial charge in [-0.15, -0.1) is 0 Å².